The second kappa shape index (κ2) is 6.42. The quantitative estimate of drug-likeness (QED) is 0.684. The first-order chi connectivity index (χ1) is 9.70. The Morgan fingerprint density at radius 1 is 1.45 bits per heavy atom. The molecule has 0 bridgehead atoms. The van der Waals surface area contributed by atoms with E-state index in [1.54, 1.807) is 24.4 Å². The maximum atomic E-state index is 13.4. The van der Waals surface area contributed by atoms with Crippen molar-refractivity contribution in [3.05, 3.63) is 59.7 Å². The number of halogens is 1. The fourth-order valence-corrected chi connectivity index (χ4v) is 1.49. The Balaban J connectivity index is 2.00. The van der Waals surface area contributed by atoms with Crippen molar-refractivity contribution in [1.29, 1.82) is 0 Å². The molecule has 0 saturated heterocycles. The molecule has 0 aliphatic heterocycles. The van der Waals surface area contributed by atoms with Crippen LogP contribution in [0.3, 0.4) is 0 Å². The molecule has 1 amide bonds. The van der Waals surface area contributed by atoms with Crippen LogP contribution in [-0.4, -0.2) is 24.2 Å². The van der Waals surface area contributed by atoms with Crippen LogP contribution in [0.1, 0.15) is 15.9 Å². The van der Waals surface area contributed by atoms with Gasteiger partial charge in [-0.2, -0.15) is 5.10 Å². The van der Waals surface area contributed by atoms with Crippen LogP contribution in [0, 0.1) is 5.82 Å². The van der Waals surface area contributed by atoms with Crippen LogP contribution in [0.2, 0.25) is 0 Å². The number of benzene rings is 1. The number of pyridine rings is 1. The summed E-state index contributed by atoms with van der Waals surface area (Å²) in [5.74, 6) is -0.722. The van der Waals surface area contributed by atoms with Gasteiger partial charge in [0, 0.05) is 12.4 Å². The summed E-state index contributed by atoms with van der Waals surface area (Å²) in [6.07, 6.45) is 4.34. The summed E-state index contributed by atoms with van der Waals surface area (Å²) in [6, 6.07) is 7.64. The predicted molar refractivity (Wildman–Crippen MR) is 72.2 cm³/mol. The minimum Gasteiger partial charge on any atom is -0.494 e. The molecular formula is C14H12FN3O2. The summed E-state index contributed by atoms with van der Waals surface area (Å²) >= 11 is 0. The molecule has 2 aromatic rings. The molecule has 1 aromatic carbocycles. The van der Waals surface area contributed by atoms with Gasteiger partial charge in [-0.1, -0.05) is 0 Å². The Labute approximate surface area is 115 Å². The number of hydrogen-bond donors (Lipinski definition) is 1. The second-order valence-corrected chi connectivity index (χ2v) is 3.83. The Morgan fingerprint density at radius 2 is 2.30 bits per heavy atom. The van der Waals surface area contributed by atoms with E-state index >= 15 is 0 Å². The number of nitrogens with one attached hydrogen (secondary N) is 1. The summed E-state index contributed by atoms with van der Waals surface area (Å²) < 4.78 is 18.2. The van der Waals surface area contributed by atoms with Crippen LogP contribution in [-0.2, 0) is 0 Å². The van der Waals surface area contributed by atoms with Crippen molar-refractivity contribution in [3.63, 3.8) is 0 Å². The van der Waals surface area contributed by atoms with Crippen molar-refractivity contribution in [1.82, 2.24) is 10.4 Å². The third kappa shape index (κ3) is 3.38. The third-order valence-electron chi connectivity index (χ3n) is 2.48. The highest BCUT2D eigenvalue weighted by molar-refractivity contribution is 5.94. The molecule has 6 heteroatoms. The summed E-state index contributed by atoms with van der Waals surface area (Å²) in [5, 5.41) is 3.75. The Kier molecular flexibility index (Phi) is 4.39. The van der Waals surface area contributed by atoms with Crippen molar-refractivity contribution in [2.24, 2.45) is 5.10 Å². The largest absolute Gasteiger partial charge is 0.494 e. The van der Waals surface area contributed by atoms with Gasteiger partial charge >= 0.3 is 0 Å². The van der Waals surface area contributed by atoms with Crippen molar-refractivity contribution < 1.29 is 13.9 Å². The zero-order valence-corrected chi connectivity index (χ0v) is 10.7. The van der Waals surface area contributed by atoms with Gasteiger partial charge in [0.1, 0.15) is 0 Å². The fraction of sp³-hybridized carbons (Fsp3) is 0.0714. The van der Waals surface area contributed by atoms with Crippen LogP contribution < -0.4 is 10.2 Å². The monoisotopic (exact) mass is 273 g/mol. The van der Waals surface area contributed by atoms with E-state index in [0.717, 1.165) is 0 Å². The van der Waals surface area contributed by atoms with Crippen LogP contribution in [0.4, 0.5) is 4.39 Å². The average Bonchev–Trinajstić information content (AvgIpc) is 2.48. The van der Waals surface area contributed by atoms with Crippen LogP contribution in [0.5, 0.6) is 5.75 Å². The van der Waals surface area contributed by atoms with E-state index in [0.29, 0.717) is 11.1 Å². The molecule has 102 valence electrons. The number of carbonyl (C=O) groups excluding carboxylic acids is 1. The number of aromatic nitrogens is 1. The minimum absolute atomic E-state index is 0.154. The number of carbonyl (C=O) groups is 1. The SMILES string of the molecule is COc1ccc(/C=N\NC(=O)c2cccnc2)cc1F. The Hall–Kier alpha value is -2.76. The van der Waals surface area contributed by atoms with Gasteiger partial charge in [0.25, 0.3) is 5.91 Å². The van der Waals surface area contributed by atoms with E-state index in [1.165, 1.54) is 31.7 Å². The second-order valence-electron chi connectivity index (χ2n) is 3.83. The van der Waals surface area contributed by atoms with Crippen LogP contribution >= 0.6 is 0 Å². The predicted octanol–water partition coefficient (Wildman–Crippen LogP) is 1.99. The molecule has 0 saturated carbocycles. The molecular weight excluding hydrogens is 261 g/mol. The maximum Gasteiger partial charge on any atom is 0.272 e. The minimum atomic E-state index is -0.491. The molecule has 0 unspecified atom stereocenters. The smallest absolute Gasteiger partial charge is 0.272 e. The van der Waals surface area contributed by atoms with Gasteiger partial charge in [-0.05, 0) is 35.9 Å². The normalized spacial score (nSPS) is 10.5. The number of nitrogens with zero attached hydrogens (tertiary/aromatic N) is 2. The molecule has 0 spiro atoms. The number of methoxy groups -OCH3 is 1. The standard InChI is InChI=1S/C14H12FN3O2/c1-20-13-5-4-10(7-12(13)15)8-17-18-14(19)11-3-2-6-16-9-11/h2-9H,1H3,(H,18,19)/b17-8-. The Bertz CT molecular complexity index is 630. The lowest BCUT2D eigenvalue weighted by molar-refractivity contribution is 0.0955. The molecule has 1 N–H and O–H groups in total. The fourth-order valence-electron chi connectivity index (χ4n) is 1.49. The maximum absolute atomic E-state index is 13.4. The first kappa shape index (κ1) is 13.7. The molecule has 1 aromatic heterocycles. The van der Waals surface area contributed by atoms with E-state index in [4.69, 9.17) is 4.74 Å². The van der Waals surface area contributed by atoms with Gasteiger partial charge < -0.3 is 4.74 Å². The molecule has 1 heterocycles. The first-order valence-electron chi connectivity index (χ1n) is 5.77. The molecule has 0 atom stereocenters. The lowest BCUT2D eigenvalue weighted by Crippen LogP contribution is -2.17. The van der Waals surface area contributed by atoms with E-state index in [9.17, 15) is 9.18 Å². The number of hydrazone groups is 1. The van der Waals surface area contributed by atoms with Gasteiger partial charge in [0.15, 0.2) is 11.6 Å². The van der Waals surface area contributed by atoms with E-state index < -0.39 is 5.82 Å². The topological polar surface area (TPSA) is 63.6 Å². The first-order valence-corrected chi connectivity index (χ1v) is 5.77. The van der Waals surface area contributed by atoms with Crippen molar-refractivity contribution in [2.45, 2.75) is 0 Å². The van der Waals surface area contributed by atoms with Crippen molar-refractivity contribution in [3.8, 4) is 5.75 Å². The number of rotatable bonds is 4. The van der Waals surface area contributed by atoms with Gasteiger partial charge in [0.05, 0.1) is 18.9 Å². The summed E-state index contributed by atoms with van der Waals surface area (Å²) in [5.41, 5.74) is 3.24. The number of ether oxygens (including phenoxy) is 1. The summed E-state index contributed by atoms with van der Waals surface area (Å²) in [6.45, 7) is 0. The summed E-state index contributed by atoms with van der Waals surface area (Å²) in [7, 11) is 1.39. The van der Waals surface area contributed by atoms with Crippen molar-refractivity contribution >= 4 is 12.1 Å². The molecule has 0 aliphatic rings. The van der Waals surface area contributed by atoms with Crippen LogP contribution in [0.25, 0.3) is 0 Å². The molecule has 0 fully saturated rings. The van der Waals surface area contributed by atoms with Crippen LogP contribution in [0.15, 0.2) is 47.8 Å². The lowest BCUT2D eigenvalue weighted by Gasteiger charge is -2.02. The van der Waals surface area contributed by atoms with Gasteiger partial charge in [-0.3, -0.25) is 9.78 Å². The summed E-state index contributed by atoms with van der Waals surface area (Å²) in [4.78, 5) is 15.5. The van der Waals surface area contributed by atoms with E-state index in [2.05, 4.69) is 15.5 Å². The highest BCUT2D eigenvalue weighted by atomic mass is 19.1. The number of amides is 1. The van der Waals surface area contributed by atoms with E-state index in [1.807, 2.05) is 0 Å². The van der Waals surface area contributed by atoms with Gasteiger partial charge in [0.2, 0.25) is 0 Å². The average molecular weight is 273 g/mol. The lowest BCUT2D eigenvalue weighted by atomic mass is 10.2. The zero-order chi connectivity index (χ0) is 14.4. The highest BCUT2D eigenvalue weighted by Crippen LogP contribution is 2.16. The molecule has 5 nitrogen and oxygen atoms in total. The molecule has 0 radical (unpaired) electrons. The third-order valence-corrected chi connectivity index (χ3v) is 2.48. The molecule has 0 aliphatic carbocycles. The van der Waals surface area contributed by atoms with Crippen molar-refractivity contribution in [2.75, 3.05) is 7.11 Å². The highest BCUT2D eigenvalue weighted by Gasteiger charge is 2.03. The molecule has 20 heavy (non-hydrogen) atoms. The van der Waals surface area contributed by atoms with Gasteiger partial charge in [-0.25, -0.2) is 9.82 Å². The Morgan fingerprint density at radius 3 is 2.95 bits per heavy atom. The zero-order valence-electron chi connectivity index (χ0n) is 10.7. The van der Waals surface area contributed by atoms with Gasteiger partial charge in [-0.15, -0.1) is 0 Å². The van der Waals surface area contributed by atoms with E-state index in [-0.39, 0.29) is 11.7 Å². The molecule has 2 rings (SSSR count). The number of hydrogen-bond acceptors (Lipinski definition) is 4.